The van der Waals surface area contributed by atoms with E-state index in [2.05, 4.69) is 60.0 Å². The van der Waals surface area contributed by atoms with E-state index in [4.69, 9.17) is 4.74 Å². The smallest absolute Gasteiger partial charge is 0.326 e. The molecule has 3 aromatic carbocycles. The topological polar surface area (TPSA) is 105 Å². The van der Waals surface area contributed by atoms with Crippen LogP contribution < -0.4 is 10.6 Å². The Morgan fingerprint density at radius 3 is 2.38 bits per heavy atom. The van der Waals surface area contributed by atoms with Gasteiger partial charge in [0.1, 0.15) is 11.6 Å². The van der Waals surface area contributed by atoms with Crippen molar-refractivity contribution in [2.75, 3.05) is 0 Å². The average Bonchev–Trinajstić information content (AvgIpc) is 2.91. The number of rotatable bonds is 9. The molecule has 3 N–H and O–H groups in total. The molecule has 0 aromatic heterocycles. The molecule has 7 nitrogen and oxygen atoms in total. The van der Waals surface area contributed by atoms with E-state index in [-0.39, 0.29) is 6.04 Å². The zero-order valence-corrected chi connectivity index (χ0v) is 23.8. The molecular formula is C33H40N2O5. The van der Waals surface area contributed by atoms with Crippen molar-refractivity contribution < 1.29 is 24.2 Å². The Morgan fingerprint density at radius 1 is 0.975 bits per heavy atom. The molecule has 0 unspecified atom stereocenters. The number of carbonyl (C=O) groups excluding carboxylic acids is 2. The zero-order chi connectivity index (χ0) is 28.9. The number of hydrogen-bond donors (Lipinski definition) is 3. The lowest BCUT2D eigenvalue weighted by Crippen LogP contribution is -2.43. The molecular weight excluding hydrogens is 504 g/mol. The second-order valence-electron chi connectivity index (χ2n) is 11.8. The van der Waals surface area contributed by atoms with Crippen LogP contribution in [0.4, 0.5) is 0 Å². The fraction of sp³-hybridized carbons (Fsp3) is 0.424. The van der Waals surface area contributed by atoms with Crippen molar-refractivity contribution in [3.63, 3.8) is 0 Å². The number of carbonyl (C=O) groups is 3. The molecule has 0 heterocycles. The third kappa shape index (κ3) is 7.69. The molecule has 4 atom stereocenters. The van der Waals surface area contributed by atoms with Crippen molar-refractivity contribution in [2.24, 2.45) is 0 Å². The normalized spacial score (nSPS) is 19.0. The Labute approximate surface area is 236 Å². The third-order valence-corrected chi connectivity index (χ3v) is 7.49. The molecule has 1 amide bonds. The van der Waals surface area contributed by atoms with Crippen LogP contribution in [0.5, 0.6) is 0 Å². The maximum absolute atomic E-state index is 12.8. The number of amides is 1. The van der Waals surface area contributed by atoms with Gasteiger partial charge in [0.2, 0.25) is 0 Å². The van der Waals surface area contributed by atoms with Crippen LogP contribution in [0.15, 0.2) is 66.7 Å². The molecule has 4 rings (SSSR count). The lowest BCUT2D eigenvalue weighted by molar-refractivity contribution is -0.158. The number of carboxylic acids is 1. The minimum atomic E-state index is -1.36. The van der Waals surface area contributed by atoms with Gasteiger partial charge < -0.3 is 20.5 Å². The minimum absolute atomic E-state index is 0.226. The molecule has 1 aliphatic rings. The average molecular weight is 545 g/mol. The van der Waals surface area contributed by atoms with Crippen molar-refractivity contribution in [2.45, 2.75) is 89.4 Å². The quantitative estimate of drug-likeness (QED) is 0.280. The van der Waals surface area contributed by atoms with Crippen LogP contribution in [0.25, 0.3) is 10.8 Å². The summed E-state index contributed by atoms with van der Waals surface area (Å²) in [6.07, 6.45) is 3.91. The number of esters is 1. The van der Waals surface area contributed by atoms with Crippen molar-refractivity contribution in [3.8, 4) is 0 Å². The summed E-state index contributed by atoms with van der Waals surface area (Å²) in [4.78, 5) is 36.5. The molecule has 0 saturated heterocycles. The predicted octanol–water partition coefficient (Wildman–Crippen LogP) is 6.13. The van der Waals surface area contributed by atoms with Gasteiger partial charge in [-0.05, 0) is 86.9 Å². The Kier molecular flexibility index (Phi) is 9.25. The van der Waals surface area contributed by atoms with Crippen LogP contribution in [0.1, 0.15) is 93.2 Å². The summed E-state index contributed by atoms with van der Waals surface area (Å²) >= 11 is 0. The Morgan fingerprint density at radius 2 is 1.68 bits per heavy atom. The Balaban J connectivity index is 1.36. The van der Waals surface area contributed by atoms with Crippen LogP contribution in [-0.4, -0.2) is 40.6 Å². The third-order valence-electron chi connectivity index (χ3n) is 7.49. The highest BCUT2D eigenvalue weighted by molar-refractivity contribution is 5.97. The van der Waals surface area contributed by atoms with E-state index in [1.54, 1.807) is 32.9 Å². The number of carboxylic acid groups (broad SMARTS) is 1. The Bertz CT molecular complexity index is 1340. The first kappa shape index (κ1) is 29.3. The van der Waals surface area contributed by atoms with Crippen molar-refractivity contribution in [1.82, 2.24) is 10.6 Å². The number of fused-ring (bicyclic) bond motifs is 1. The standard InChI is InChI=1S/C33H40N2O5/c1-21(27-14-8-10-23-9-5-6-13-28(23)27)34-26-12-7-11-25(19-26)22-15-17-24(18-16-22)31(37)35-29(32(38)39)20-30(36)40-33(2,3)4/h5-6,8-10,13-18,21,25-26,29,34H,7,11-12,19-20H2,1-4H3,(H,35,37)(H,38,39)/t21-,25+,26+,29+/m1/s1. The van der Waals surface area contributed by atoms with Crippen LogP contribution in [-0.2, 0) is 14.3 Å². The van der Waals surface area contributed by atoms with Crippen LogP contribution in [0.3, 0.4) is 0 Å². The van der Waals surface area contributed by atoms with Crippen molar-refractivity contribution in [1.29, 1.82) is 0 Å². The highest BCUT2D eigenvalue weighted by Gasteiger charge is 2.28. The van der Waals surface area contributed by atoms with Gasteiger partial charge in [0.25, 0.3) is 5.91 Å². The molecule has 1 aliphatic carbocycles. The number of aliphatic carboxylic acids is 1. The van der Waals surface area contributed by atoms with E-state index < -0.39 is 35.9 Å². The maximum Gasteiger partial charge on any atom is 0.326 e. The van der Waals surface area contributed by atoms with Crippen LogP contribution in [0.2, 0.25) is 0 Å². The van der Waals surface area contributed by atoms with E-state index >= 15 is 0 Å². The van der Waals surface area contributed by atoms with E-state index in [1.807, 2.05) is 12.1 Å². The summed E-state index contributed by atoms with van der Waals surface area (Å²) in [5, 5.41) is 18.4. The monoisotopic (exact) mass is 544 g/mol. The summed E-state index contributed by atoms with van der Waals surface area (Å²) in [7, 11) is 0. The van der Waals surface area contributed by atoms with Gasteiger partial charge >= 0.3 is 11.9 Å². The van der Waals surface area contributed by atoms with Gasteiger partial charge in [-0.15, -0.1) is 0 Å². The summed E-state index contributed by atoms with van der Waals surface area (Å²) < 4.78 is 5.21. The highest BCUT2D eigenvalue weighted by Crippen LogP contribution is 2.34. The lowest BCUT2D eigenvalue weighted by Gasteiger charge is -2.32. The van der Waals surface area contributed by atoms with E-state index in [1.165, 1.54) is 21.9 Å². The van der Waals surface area contributed by atoms with Gasteiger partial charge in [-0.3, -0.25) is 9.59 Å². The van der Waals surface area contributed by atoms with Crippen LogP contribution >= 0.6 is 0 Å². The van der Waals surface area contributed by atoms with Gasteiger partial charge in [-0.2, -0.15) is 0 Å². The van der Waals surface area contributed by atoms with E-state index in [0.717, 1.165) is 25.7 Å². The second-order valence-corrected chi connectivity index (χ2v) is 11.8. The van der Waals surface area contributed by atoms with Gasteiger partial charge in [-0.1, -0.05) is 61.0 Å². The summed E-state index contributed by atoms with van der Waals surface area (Å²) in [6, 6.07) is 21.6. The number of hydrogen-bond acceptors (Lipinski definition) is 5. The van der Waals surface area contributed by atoms with Gasteiger partial charge in [0.05, 0.1) is 6.42 Å². The zero-order valence-electron chi connectivity index (χ0n) is 23.8. The predicted molar refractivity (Wildman–Crippen MR) is 156 cm³/mol. The first-order valence-corrected chi connectivity index (χ1v) is 14.1. The number of nitrogens with one attached hydrogen (secondary N) is 2. The molecule has 7 heteroatoms. The molecule has 3 aromatic rings. The summed E-state index contributed by atoms with van der Waals surface area (Å²) in [5.41, 5.74) is 2.10. The molecule has 212 valence electrons. The largest absolute Gasteiger partial charge is 0.480 e. The van der Waals surface area contributed by atoms with Crippen molar-refractivity contribution in [3.05, 3.63) is 83.4 Å². The second kappa shape index (κ2) is 12.6. The maximum atomic E-state index is 12.8. The van der Waals surface area contributed by atoms with E-state index in [0.29, 0.717) is 17.5 Å². The molecule has 0 spiro atoms. The van der Waals surface area contributed by atoms with E-state index in [9.17, 15) is 19.5 Å². The fourth-order valence-corrected chi connectivity index (χ4v) is 5.61. The first-order chi connectivity index (χ1) is 19.0. The molecule has 0 aliphatic heterocycles. The summed E-state index contributed by atoms with van der Waals surface area (Å²) in [5.74, 6) is -2.11. The minimum Gasteiger partial charge on any atom is -0.480 e. The molecule has 1 fully saturated rings. The summed E-state index contributed by atoms with van der Waals surface area (Å²) in [6.45, 7) is 7.34. The van der Waals surface area contributed by atoms with Gasteiger partial charge in [0.15, 0.2) is 0 Å². The number of benzene rings is 3. The lowest BCUT2D eigenvalue weighted by atomic mass is 9.80. The molecule has 40 heavy (non-hydrogen) atoms. The van der Waals surface area contributed by atoms with Crippen molar-refractivity contribution >= 4 is 28.6 Å². The first-order valence-electron chi connectivity index (χ1n) is 14.1. The fourth-order valence-electron chi connectivity index (χ4n) is 5.61. The SMILES string of the molecule is C[C@@H](N[C@H]1CCC[C@H](c2ccc(C(=O)N[C@@H](CC(=O)OC(C)(C)C)C(=O)O)cc2)C1)c1cccc2ccccc12. The Hall–Kier alpha value is -3.71. The molecule has 0 radical (unpaired) electrons. The van der Waals surface area contributed by atoms with Crippen LogP contribution in [0, 0.1) is 0 Å². The van der Waals surface area contributed by atoms with Gasteiger partial charge in [-0.25, -0.2) is 4.79 Å². The van der Waals surface area contributed by atoms with Gasteiger partial charge in [0, 0.05) is 17.6 Å². The number of ether oxygens (including phenoxy) is 1. The molecule has 0 bridgehead atoms. The molecule has 1 saturated carbocycles. The highest BCUT2D eigenvalue weighted by atomic mass is 16.6.